The SMILES string of the molecule is CCc1cccnc1N=C1NC(=Nc2ncccc2CC)c2ccccc21. The lowest BCUT2D eigenvalue weighted by atomic mass is 10.1. The van der Waals surface area contributed by atoms with Crippen LogP contribution in [0.1, 0.15) is 36.1 Å². The minimum Gasteiger partial charge on any atom is -0.324 e. The summed E-state index contributed by atoms with van der Waals surface area (Å²) in [5.74, 6) is 3.02. The van der Waals surface area contributed by atoms with Gasteiger partial charge < -0.3 is 5.32 Å². The number of aliphatic imine (C=N–C) groups is 2. The highest BCUT2D eigenvalue weighted by atomic mass is 15.1. The van der Waals surface area contributed by atoms with Crippen molar-refractivity contribution in [1.29, 1.82) is 0 Å². The minimum atomic E-state index is 0.741. The highest BCUT2D eigenvalue weighted by Crippen LogP contribution is 2.24. The Labute approximate surface area is 159 Å². The number of nitrogens with one attached hydrogen (secondary N) is 1. The minimum absolute atomic E-state index is 0.741. The Hall–Kier alpha value is -3.34. The molecular formula is C22H21N5. The molecule has 1 aromatic carbocycles. The lowest BCUT2D eigenvalue weighted by molar-refractivity contribution is 1.09. The predicted octanol–water partition coefficient (Wildman–Crippen LogP) is 4.36. The first-order valence-electron chi connectivity index (χ1n) is 9.22. The van der Waals surface area contributed by atoms with Gasteiger partial charge in [-0.3, -0.25) is 0 Å². The fourth-order valence-corrected chi connectivity index (χ4v) is 3.14. The molecule has 0 spiro atoms. The van der Waals surface area contributed by atoms with E-state index in [-0.39, 0.29) is 0 Å². The van der Waals surface area contributed by atoms with Crippen molar-refractivity contribution in [2.24, 2.45) is 9.98 Å². The number of amidine groups is 2. The van der Waals surface area contributed by atoms with Crippen LogP contribution in [0.25, 0.3) is 0 Å². The maximum Gasteiger partial charge on any atom is 0.157 e. The standard InChI is InChI=1S/C22H21N5/c1-3-15-9-7-13-23-19(15)25-21-17-11-5-6-12-18(17)22(27-21)26-20-16(4-2)10-8-14-24-20/h5-14H,3-4H2,1-2H3,(H,23,24,25,26,27). The number of rotatable bonds is 4. The molecule has 5 heteroatoms. The first kappa shape index (κ1) is 17.1. The molecule has 3 aromatic rings. The van der Waals surface area contributed by atoms with Crippen LogP contribution in [0.15, 0.2) is 70.9 Å². The average molecular weight is 355 g/mol. The second-order valence-corrected chi connectivity index (χ2v) is 6.27. The Bertz CT molecular complexity index is 954. The van der Waals surface area contributed by atoms with Gasteiger partial charge in [-0.15, -0.1) is 0 Å². The van der Waals surface area contributed by atoms with E-state index in [2.05, 4.69) is 53.4 Å². The number of hydrogen-bond donors (Lipinski definition) is 1. The van der Waals surface area contributed by atoms with Crippen LogP contribution in [0.5, 0.6) is 0 Å². The second-order valence-electron chi connectivity index (χ2n) is 6.27. The Kier molecular flexibility index (Phi) is 4.75. The summed E-state index contributed by atoms with van der Waals surface area (Å²) in [6.45, 7) is 4.22. The Morgan fingerprint density at radius 3 is 1.63 bits per heavy atom. The molecule has 134 valence electrons. The van der Waals surface area contributed by atoms with E-state index in [9.17, 15) is 0 Å². The van der Waals surface area contributed by atoms with Gasteiger partial charge in [0, 0.05) is 23.5 Å². The molecule has 1 aliphatic heterocycles. The molecule has 3 heterocycles. The number of nitrogens with zero attached hydrogens (tertiary/aromatic N) is 4. The lowest BCUT2D eigenvalue weighted by Crippen LogP contribution is -2.22. The second kappa shape index (κ2) is 7.50. The largest absolute Gasteiger partial charge is 0.324 e. The van der Waals surface area contributed by atoms with Gasteiger partial charge in [-0.25, -0.2) is 20.0 Å². The zero-order valence-corrected chi connectivity index (χ0v) is 15.5. The molecule has 1 N–H and O–H groups in total. The zero-order chi connectivity index (χ0) is 18.6. The number of benzene rings is 1. The summed E-state index contributed by atoms with van der Waals surface area (Å²) in [7, 11) is 0. The van der Waals surface area contributed by atoms with E-state index in [1.54, 1.807) is 12.4 Å². The molecule has 0 aliphatic carbocycles. The lowest BCUT2D eigenvalue weighted by Gasteiger charge is -2.05. The molecule has 5 nitrogen and oxygen atoms in total. The third-order valence-electron chi connectivity index (χ3n) is 4.61. The van der Waals surface area contributed by atoms with Crippen LogP contribution in [0.2, 0.25) is 0 Å². The Morgan fingerprint density at radius 1 is 0.704 bits per heavy atom. The quantitative estimate of drug-likeness (QED) is 0.756. The summed E-state index contributed by atoms with van der Waals surface area (Å²) < 4.78 is 0. The molecule has 0 amide bonds. The van der Waals surface area contributed by atoms with Crippen molar-refractivity contribution in [2.75, 3.05) is 0 Å². The predicted molar refractivity (Wildman–Crippen MR) is 109 cm³/mol. The van der Waals surface area contributed by atoms with Crippen molar-refractivity contribution in [1.82, 2.24) is 15.3 Å². The van der Waals surface area contributed by atoms with Gasteiger partial charge >= 0.3 is 0 Å². The van der Waals surface area contributed by atoms with Crippen LogP contribution in [0, 0.1) is 0 Å². The first-order chi connectivity index (χ1) is 13.3. The van der Waals surface area contributed by atoms with Crippen LogP contribution in [-0.2, 0) is 12.8 Å². The molecule has 0 bridgehead atoms. The molecule has 0 atom stereocenters. The summed E-state index contributed by atoms with van der Waals surface area (Å²) in [6, 6.07) is 16.1. The Balaban J connectivity index is 1.80. The van der Waals surface area contributed by atoms with Gasteiger partial charge in [0.2, 0.25) is 0 Å². The summed E-state index contributed by atoms with van der Waals surface area (Å²) in [6.07, 6.45) is 5.32. The zero-order valence-electron chi connectivity index (χ0n) is 15.5. The number of fused-ring (bicyclic) bond motifs is 1. The van der Waals surface area contributed by atoms with Gasteiger partial charge in [0.1, 0.15) is 11.7 Å². The average Bonchev–Trinajstić information content (AvgIpc) is 3.06. The third-order valence-corrected chi connectivity index (χ3v) is 4.61. The topological polar surface area (TPSA) is 62.5 Å². The monoisotopic (exact) mass is 355 g/mol. The summed E-state index contributed by atoms with van der Waals surface area (Å²) in [4.78, 5) is 18.5. The van der Waals surface area contributed by atoms with Gasteiger partial charge in [-0.1, -0.05) is 50.2 Å². The van der Waals surface area contributed by atoms with Crippen molar-refractivity contribution in [3.8, 4) is 0 Å². The summed E-state index contributed by atoms with van der Waals surface area (Å²) in [5, 5.41) is 3.38. The molecule has 0 unspecified atom stereocenters. The highest BCUT2D eigenvalue weighted by molar-refractivity contribution is 6.26. The van der Waals surface area contributed by atoms with Crippen LogP contribution in [0.3, 0.4) is 0 Å². The molecule has 1 aliphatic rings. The van der Waals surface area contributed by atoms with E-state index in [0.29, 0.717) is 0 Å². The number of pyridine rings is 2. The van der Waals surface area contributed by atoms with Crippen LogP contribution < -0.4 is 5.32 Å². The maximum atomic E-state index is 4.80. The van der Waals surface area contributed by atoms with E-state index < -0.39 is 0 Å². The van der Waals surface area contributed by atoms with Crippen molar-refractivity contribution in [3.63, 3.8) is 0 Å². The van der Waals surface area contributed by atoms with Gasteiger partial charge in [0.05, 0.1) is 0 Å². The fraction of sp³-hybridized carbons (Fsp3) is 0.182. The maximum absolute atomic E-state index is 4.80. The van der Waals surface area contributed by atoms with Crippen molar-refractivity contribution in [3.05, 3.63) is 83.2 Å². The van der Waals surface area contributed by atoms with Gasteiger partial charge in [-0.2, -0.15) is 0 Å². The fourth-order valence-electron chi connectivity index (χ4n) is 3.14. The molecule has 0 fully saturated rings. The van der Waals surface area contributed by atoms with Gasteiger partial charge in [-0.05, 0) is 36.1 Å². The van der Waals surface area contributed by atoms with Gasteiger partial charge in [0.25, 0.3) is 0 Å². The molecule has 2 aromatic heterocycles. The van der Waals surface area contributed by atoms with Crippen LogP contribution >= 0.6 is 0 Å². The smallest absolute Gasteiger partial charge is 0.157 e. The van der Waals surface area contributed by atoms with E-state index in [0.717, 1.165) is 58.4 Å². The van der Waals surface area contributed by atoms with E-state index in [4.69, 9.17) is 9.98 Å². The highest BCUT2D eigenvalue weighted by Gasteiger charge is 2.24. The van der Waals surface area contributed by atoms with E-state index in [1.807, 2.05) is 24.3 Å². The van der Waals surface area contributed by atoms with Crippen molar-refractivity contribution >= 4 is 23.3 Å². The number of aryl methyl sites for hydroxylation is 2. The molecule has 0 saturated carbocycles. The third kappa shape index (κ3) is 3.36. The van der Waals surface area contributed by atoms with Crippen molar-refractivity contribution in [2.45, 2.75) is 26.7 Å². The number of hydrogen-bond acceptors (Lipinski definition) is 4. The van der Waals surface area contributed by atoms with E-state index >= 15 is 0 Å². The number of aromatic nitrogens is 2. The van der Waals surface area contributed by atoms with E-state index in [1.165, 1.54) is 0 Å². The Morgan fingerprint density at radius 2 is 1.19 bits per heavy atom. The van der Waals surface area contributed by atoms with Crippen LogP contribution in [-0.4, -0.2) is 21.6 Å². The molecular weight excluding hydrogens is 334 g/mol. The molecule has 27 heavy (non-hydrogen) atoms. The van der Waals surface area contributed by atoms with Crippen LogP contribution in [0.4, 0.5) is 11.6 Å². The van der Waals surface area contributed by atoms with Crippen molar-refractivity contribution < 1.29 is 0 Å². The van der Waals surface area contributed by atoms with Gasteiger partial charge in [0.15, 0.2) is 11.6 Å². The normalized spacial score (nSPS) is 15.8. The summed E-state index contributed by atoms with van der Waals surface area (Å²) >= 11 is 0. The molecule has 0 radical (unpaired) electrons. The summed E-state index contributed by atoms with van der Waals surface area (Å²) in [5.41, 5.74) is 4.29. The first-order valence-corrected chi connectivity index (χ1v) is 9.22. The molecule has 0 saturated heterocycles. The molecule has 4 rings (SSSR count).